The van der Waals surface area contributed by atoms with E-state index in [1.165, 1.54) is 0 Å². The number of hydrogen-bond donors (Lipinski definition) is 2. The molecule has 3 atom stereocenters. The number of rotatable bonds is 2. The van der Waals surface area contributed by atoms with Gasteiger partial charge in [-0.25, -0.2) is 0 Å². The normalized spacial score (nSPS) is 41.7. The van der Waals surface area contributed by atoms with Gasteiger partial charge in [-0.2, -0.15) is 0 Å². The summed E-state index contributed by atoms with van der Waals surface area (Å²) in [6.07, 6.45) is 5.11. The fourth-order valence-electron chi connectivity index (χ4n) is 1.86. The van der Waals surface area contributed by atoms with E-state index in [2.05, 4.69) is 19.1 Å². The first-order valence-electron chi connectivity index (χ1n) is 4.53. The second kappa shape index (κ2) is 3.58. The van der Waals surface area contributed by atoms with Gasteiger partial charge in [0, 0.05) is 18.6 Å². The van der Waals surface area contributed by atoms with Crippen LogP contribution in [0, 0.1) is 17.3 Å². The molecule has 2 N–H and O–H groups in total. The molecule has 3 unspecified atom stereocenters. The predicted molar refractivity (Wildman–Crippen MR) is 48.7 cm³/mol. The Hall–Kier alpha value is -0.340. The van der Waals surface area contributed by atoms with Gasteiger partial charge >= 0.3 is 0 Å². The molecule has 0 radical (unpaired) electrons. The van der Waals surface area contributed by atoms with Gasteiger partial charge in [0.2, 0.25) is 0 Å². The molecule has 0 aliphatic heterocycles. The molecule has 0 aromatic carbocycles. The Morgan fingerprint density at radius 1 is 1.50 bits per heavy atom. The molecule has 0 fully saturated rings. The number of allylic oxidation sites excluding steroid dienone is 2. The molecule has 70 valence electrons. The van der Waals surface area contributed by atoms with Gasteiger partial charge in [-0.15, -0.1) is 0 Å². The monoisotopic (exact) mass is 170 g/mol. The summed E-state index contributed by atoms with van der Waals surface area (Å²) in [6.45, 7) is 4.46. The van der Waals surface area contributed by atoms with E-state index >= 15 is 0 Å². The maximum atomic E-state index is 9.28. The van der Waals surface area contributed by atoms with E-state index in [1.54, 1.807) is 0 Å². The van der Waals surface area contributed by atoms with Crippen molar-refractivity contribution in [3.8, 4) is 0 Å². The summed E-state index contributed by atoms with van der Waals surface area (Å²) >= 11 is 0. The van der Waals surface area contributed by atoms with Crippen LogP contribution in [0.4, 0.5) is 0 Å². The van der Waals surface area contributed by atoms with Crippen molar-refractivity contribution in [1.82, 2.24) is 0 Å². The minimum atomic E-state index is -0.135. The number of hydrogen-bond acceptors (Lipinski definition) is 2. The topological polar surface area (TPSA) is 40.5 Å². The number of aliphatic hydroxyl groups is 2. The summed E-state index contributed by atoms with van der Waals surface area (Å²) in [5.41, 5.74) is -0.135. The van der Waals surface area contributed by atoms with Crippen LogP contribution in [0.25, 0.3) is 0 Å². The Kier molecular flexibility index (Phi) is 2.91. The minimum absolute atomic E-state index is 0.135. The zero-order valence-electron chi connectivity index (χ0n) is 7.83. The smallest absolute Gasteiger partial charge is 0.0493 e. The van der Waals surface area contributed by atoms with Gasteiger partial charge in [-0.1, -0.05) is 26.0 Å². The Bertz CT molecular complexity index is 177. The highest BCUT2D eigenvalue weighted by Crippen LogP contribution is 2.41. The summed E-state index contributed by atoms with van der Waals surface area (Å²) in [5, 5.41) is 18.4. The van der Waals surface area contributed by atoms with Gasteiger partial charge in [0.05, 0.1) is 0 Å². The van der Waals surface area contributed by atoms with Crippen LogP contribution in [0.5, 0.6) is 0 Å². The van der Waals surface area contributed by atoms with Crippen LogP contribution >= 0.6 is 0 Å². The molecule has 1 aliphatic rings. The van der Waals surface area contributed by atoms with Gasteiger partial charge in [-0.3, -0.25) is 0 Å². The van der Waals surface area contributed by atoms with Crippen LogP contribution in [0.3, 0.4) is 0 Å². The first kappa shape index (κ1) is 9.75. The van der Waals surface area contributed by atoms with Crippen LogP contribution in [0.15, 0.2) is 12.2 Å². The SMILES string of the molecule is CC1C=CCC(CO)C1(C)CO. The third kappa shape index (κ3) is 1.41. The fraction of sp³-hybridized carbons (Fsp3) is 0.800. The summed E-state index contributed by atoms with van der Waals surface area (Å²) in [7, 11) is 0. The van der Waals surface area contributed by atoms with Gasteiger partial charge in [0.15, 0.2) is 0 Å². The molecule has 1 rings (SSSR count). The standard InChI is InChI=1S/C10H18O2/c1-8-4-3-5-9(6-11)10(8,2)7-12/h3-4,8-9,11-12H,5-7H2,1-2H3. The Labute approximate surface area is 73.9 Å². The fourth-order valence-corrected chi connectivity index (χ4v) is 1.86. The van der Waals surface area contributed by atoms with Crippen molar-refractivity contribution in [3.63, 3.8) is 0 Å². The molecular weight excluding hydrogens is 152 g/mol. The largest absolute Gasteiger partial charge is 0.396 e. The van der Waals surface area contributed by atoms with Crippen molar-refractivity contribution in [3.05, 3.63) is 12.2 Å². The van der Waals surface area contributed by atoms with E-state index in [4.69, 9.17) is 5.11 Å². The van der Waals surface area contributed by atoms with Gasteiger partial charge in [0.25, 0.3) is 0 Å². The summed E-state index contributed by atoms with van der Waals surface area (Å²) in [4.78, 5) is 0. The van der Waals surface area contributed by atoms with E-state index in [0.717, 1.165) is 6.42 Å². The van der Waals surface area contributed by atoms with Gasteiger partial charge in [-0.05, 0) is 18.3 Å². The maximum Gasteiger partial charge on any atom is 0.0493 e. The van der Waals surface area contributed by atoms with Crippen molar-refractivity contribution < 1.29 is 10.2 Å². The summed E-state index contributed by atoms with van der Waals surface area (Å²) in [6, 6.07) is 0. The molecule has 0 saturated carbocycles. The van der Waals surface area contributed by atoms with E-state index in [-0.39, 0.29) is 24.5 Å². The van der Waals surface area contributed by atoms with Crippen molar-refractivity contribution in [2.45, 2.75) is 20.3 Å². The molecular formula is C10H18O2. The van der Waals surface area contributed by atoms with Crippen LogP contribution in [-0.4, -0.2) is 23.4 Å². The molecule has 1 aliphatic carbocycles. The molecule has 12 heavy (non-hydrogen) atoms. The van der Waals surface area contributed by atoms with Crippen molar-refractivity contribution >= 4 is 0 Å². The van der Waals surface area contributed by atoms with Crippen molar-refractivity contribution in [1.29, 1.82) is 0 Å². The maximum absolute atomic E-state index is 9.28. The lowest BCUT2D eigenvalue weighted by molar-refractivity contribution is 0.00894. The average molecular weight is 170 g/mol. The molecule has 2 nitrogen and oxygen atoms in total. The molecule has 2 heteroatoms. The average Bonchev–Trinajstić information content (AvgIpc) is 2.10. The lowest BCUT2D eigenvalue weighted by Gasteiger charge is -2.41. The molecule has 0 bridgehead atoms. The molecule has 0 saturated heterocycles. The quantitative estimate of drug-likeness (QED) is 0.611. The first-order valence-corrected chi connectivity index (χ1v) is 4.53. The van der Waals surface area contributed by atoms with E-state index in [9.17, 15) is 5.11 Å². The lowest BCUT2D eigenvalue weighted by atomic mass is 9.65. The van der Waals surface area contributed by atoms with Crippen LogP contribution in [-0.2, 0) is 0 Å². The number of aliphatic hydroxyl groups excluding tert-OH is 2. The minimum Gasteiger partial charge on any atom is -0.396 e. The Balaban J connectivity index is 2.83. The van der Waals surface area contributed by atoms with Gasteiger partial charge < -0.3 is 10.2 Å². The molecule has 0 aromatic heterocycles. The highest BCUT2D eigenvalue weighted by Gasteiger charge is 2.38. The third-order valence-electron chi connectivity index (χ3n) is 3.38. The first-order chi connectivity index (χ1) is 5.65. The zero-order valence-corrected chi connectivity index (χ0v) is 7.83. The Morgan fingerprint density at radius 2 is 2.17 bits per heavy atom. The second-order valence-electron chi connectivity index (χ2n) is 4.00. The van der Waals surface area contributed by atoms with Crippen LogP contribution in [0.1, 0.15) is 20.3 Å². The van der Waals surface area contributed by atoms with Crippen molar-refractivity contribution in [2.75, 3.05) is 13.2 Å². The van der Waals surface area contributed by atoms with E-state index < -0.39 is 0 Å². The lowest BCUT2D eigenvalue weighted by Crippen LogP contribution is -2.40. The highest BCUT2D eigenvalue weighted by atomic mass is 16.3. The highest BCUT2D eigenvalue weighted by molar-refractivity contribution is 5.04. The Morgan fingerprint density at radius 3 is 2.58 bits per heavy atom. The van der Waals surface area contributed by atoms with E-state index in [0.29, 0.717) is 5.92 Å². The molecule has 0 aromatic rings. The summed E-state index contributed by atoms with van der Waals surface area (Å²) in [5.74, 6) is 0.566. The van der Waals surface area contributed by atoms with Gasteiger partial charge in [0.1, 0.15) is 0 Å². The molecule has 0 amide bonds. The van der Waals surface area contributed by atoms with Crippen molar-refractivity contribution in [2.24, 2.45) is 17.3 Å². The van der Waals surface area contributed by atoms with Crippen LogP contribution < -0.4 is 0 Å². The third-order valence-corrected chi connectivity index (χ3v) is 3.38. The molecule has 0 spiro atoms. The summed E-state index contributed by atoms with van der Waals surface area (Å²) < 4.78 is 0. The van der Waals surface area contributed by atoms with Crippen LogP contribution in [0.2, 0.25) is 0 Å². The second-order valence-corrected chi connectivity index (χ2v) is 4.00. The predicted octanol–water partition coefficient (Wildman–Crippen LogP) is 1.19. The molecule has 0 heterocycles. The zero-order chi connectivity index (χ0) is 9.19. The van der Waals surface area contributed by atoms with E-state index in [1.807, 2.05) is 6.92 Å².